The molecule has 4 aromatic carbocycles. The minimum Gasteiger partial charge on any atom is -0.489 e. The molecule has 3 heteroatoms. The van der Waals surface area contributed by atoms with Crippen LogP contribution in [0.5, 0.6) is 11.5 Å². The standard InChI is InChI=1S/C27H22O3/c1-20-6-5-9-26(18-20)29-19-21-10-12-24(13-11-21)27(28)30-25-16-14-23(15-17-25)22-7-3-2-4-8-22/h2-18H,19H2,1H3. The van der Waals surface area contributed by atoms with Crippen LogP contribution in [0.4, 0.5) is 0 Å². The lowest BCUT2D eigenvalue weighted by Crippen LogP contribution is -2.08. The van der Waals surface area contributed by atoms with Crippen LogP contribution in [0.2, 0.25) is 0 Å². The van der Waals surface area contributed by atoms with Gasteiger partial charge in [-0.15, -0.1) is 0 Å². The second-order valence-electron chi connectivity index (χ2n) is 7.08. The summed E-state index contributed by atoms with van der Waals surface area (Å²) in [5.74, 6) is 0.970. The molecule has 0 aliphatic heterocycles. The Bertz CT molecular complexity index is 1110. The number of rotatable bonds is 6. The lowest BCUT2D eigenvalue weighted by atomic mass is 10.1. The molecule has 3 nitrogen and oxygen atoms in total. The third kappa shape index (κ3) is 4.95. The minimum absolute atomic E-state index is 0.381. The molecule has 148 valence electrons. The van der Waals surface area contributed by atoms with Gasteiger partial charge < -0.3 is 9.47 Å². The minimum atomic E-state index is -0.381. The molecule has 0 radical (unpaired) electrons. The fourth-order valence-corrected chi connectivity index (χ4v) is 3.12. The van der Waals surface area contributed by atoms with E-state index in [1.54, 1.807) is 12.1 Å². The SMILES string of the molecule is Cc1cccc(OCc2ccc(C(=O)Oc3ccc(-c4ccccc4)cc3)cc2)c1. The van der Waals surface area contributed by atoms with E-state index in [9.17, 15) is 4.79 Å². The molecule has 4 aromatic rings. The van der Waals surface area contributed by atoms with Crippen molar-refractivity contribution in [2.45, 2.75) is 13.5 Å². The van der Waals surface area contributed by atoms with E-state index in [-0.39, 0.29) is 5.97 Å². The first-order valence-electron chi connectivity index (χ1n) is 9.83. The molecular weight excluding hydrogens is 372 g/mol. The molecule has 0 bridgehead atoms. The number of carbonyl (C=O) groups excluding carboxylic acids is 1. The largest absolute Gasteiger partial charge is 0.489 e. The monoisotopic (exact) mass is 394 g/mol. The summed E-state index contributed by atoms with van der Waals surface area (Å²) in [5, 5.41) is 0. The highest BCUT2D eigenvalue weighted by Crippen LogP contribution is 2.23. The van der Waals surface area contributed by atoms with Crippen molar-refractivity contribution in [3.05, 3.63) is 120 Å². The van der Waals surface area contributed by atoms with E-state index in [2.05, 4.69) is 0 Å². The summed E-state index contributed by atoms with van der Waals surface area (Å²) < 4.78 is 11.3. The summed E-state index contributed by atoms with van der Waals surface area (Å²) in [7, 11) is 0. The van der Waals surface area contributed by atoms with Crippen molar-refractivity contribution in [2.24, 2.45) is 0 Å². The van der Waals surface area contributed by atoms with Gasteiger partial charge in [0.2, 0.25) is 0 Å². The van der Waals surface area contributed by atoms with Crippen LogP contribution in [0.15, 0.2) is 103 Å². The smallest absolute Gasteiger partial charge is 0.343 e. The summed E-state index contributed by atoms with van der Waals surface area (Å²) in [6, 6.07) is 32.8. The molecule has 0 saturated heterocycles. The van der Waals surface area contributed by atoms with Crippen LogP contribution in [0.3, 0.4) is 0 Å². The number of aryl methyl sites for hydroxylation is 1. The Morgan fingerprint density at radius 1 is 0.700 bits per heavy atom. The van der Waals surface area contributed by atoms with Crippen LogP contribution in [0.1, 0.15) is 21.5 Å². The Kier molecular flexibility index (Phi) is 5.90. The molecule has 4 rings (SSSR count). The lowest BCUT2D eigenvalue weighted by Gasteiger charge is -2.08. The third-order valence-corrected chi connectivity index (χ3v) is 4.76. The Hall–Kier alpha value is -3.85. The number of hydrogen-bond donors (Lipinski definition) is 0. The maximum absolute atomic E-state index is 12.4. The predicted octanol–water partition coefficient (Wildman–Crippen LogP) is 6.46. The molecule has 0 saturated carbocycles. The maximum Gasteiger partial charge on any atom is 0.343 e. The first-order valence-corrected chi connectivity index (χ1v) is 9.83. The summed E-state index contributed by atoms with van der Waals surface area (Å²) in [4.78, 5) is 12.4. The van der Waals surface area contributed by atoms with E-state index in [1.807, 2.05) is 97.9 Å². The van der Waals surface area contributed by atoms with Crippen molar-refractivity contribution in [1.82, 2.24) is 0 Å². The normalized spacial score (nSPS) is 10.4. The first kappa shape index (κ1) is 19.5. The molecule has 0 aromatic heterocycles. The van der Waals surface area contributed by atoms with E-state index in [4.69, 9.17) is 9.47 Å². The van der Waals surface area contributed by atoms with Crippen LogP contribution < -0.4 is 9.47 Å². The Labute approximate surface area is 176 Å². The van der Waals surface area contributed by atoms with E-state index >= 15 is 0 Å². The molecule has 0 fully saturated rings. The molecule has 0 spiro atoms. The van der Waals surface area contributed by atoms with Gasteiger partial charge in [-0.2, -0.15) is 0 Å². The number of hydrogen-bond acceptors (Lipinski definition) is 3. The molecule has 0 heterocycles. The van der Waals surface area contributed by atoms with Crippen molar-refractivity contribution in [3.63, 3.8) is 0 Å². The van der Waals surface area contributed by atoms with Crippen LogP contribution in [0.25, 0.3) is 11.1 Å². The zero-order chi connectivity index (χ0) is 20.8. The molecule has 0 amide bonds. The number of esters is 1. The number of benzene rings is 4. The Morgan fingerprint density at radius 2 is 1.40 bits per heavy atom. The van der Waals surface area contributed by atoms with Crippen LogP contribution in [0, 0.1) is 6.92 Å². The van der Waals surface area contributed by atoms with Crippen LogP contribution >= 0.6 is 0 Å². The molecule has 0 N–H and O–H groups in total. The molecule has 0 unspecified atom stereocenters. The quantitative estimate of drug-likeness (QED) is 0.278. The molecule has 0 aliphatic carbocycles. The fraction of sp³-hybridized carbons (Fsp3) is 0.0741. The van der Waals surface area contributed by atoms with Gasteiger partial charge >= 0.3 is 5.97 Å². The van der Waals surface area contributed by atoms with Crippen molar-refractivity contribution >= 4 is 5.97 Å². The van der Waals surface area contributed by atoms with Gasteiger partial charge in [0.05, 0.1) is 5.56 Å². The average Bonchev–Trinajstić information content (AvgIpc) is 2.79. The summed E-state index contributed by atoms with van der Waals surface area (Å²) >= 11 is 0. The summed E-state index contributed by atoms with van der Waals surface area (Å²) in [6.07, 6.45) is 0. The second-order valence-corrected chi connectivity index (χ2v) is 7.08. The Morgan fingerprint density at radius 3 is 2.10 bits per heavy atom. The van der Waals surface area contributed by atoms with Gasteiger partial charge in [0.1, 0.15) is 18.1 Å². The van der Waals surface area contributed by atoms with Crippen LogP contribution in [-0.4, -0.2) is 5.97 Å². The maximum atomic E-state index is 12.4. The van der Waals surface area contributed by atoms with Gasteiger partial charge in [0, 0.05) is 0 Å². The first-order chi connectivity index (χ1) is 14.7. The van der Waals surface area contributed by atoms with Crippen molar-refractivity contribution < 1.29 is 14.3 Å². The Balaban J connectivity index is 1.35. The molecule has 0 aliphatic rings. The van der Waals surface area contributed by atoms with Gasteiger partial charge in [0.25, 0.3) is 0 Å². The van der Waals surface area contributed by atoms with Gasteiger partial charge in [-0.1, -0.05) is 66.7 Å². The molecule has 30 heavy (non-hydrogen) atoms. The highest BCUT2D eigenvalue weighted by Gasteiger charge is 2.09. The van der Waals surface area contributed by atoms with E-state index < -0.39 is 0 Å². The topological polar surface area (TPSA) is 35.5 Å². The van der Waals surface area contributed by atoms with Gasteiger partial charge in [-0.05, 0) is 65.6 Å². The zero-order valence-electron chi connectivity index (χ0n) is 16.7. The lowest BCUT2D eigenvalue weighted by molar-refractivity contribution is 0.0734. The van der Waals surface area contributed by atoms with E-state index in [0.29, 0.717) is 17.9 Å². The fourth-order valence-electron chi connectivity index (χ4n) is 3.12. The zero-order valence-corrected chi connectivity index (χ0v) is 16.7. The predicted molar refractivity (Wildman–Crippen MR) is 119 cm³/mol. The van der Waals surface area contributed by atoms with E-state index in [0.717, 1.165) is 28.0 Å². The highest BCUT2D eigenvalue weighted by atomic mass is 16.5. The second kappa shape index (κ2) is 9.10. The highest BCUT2D eigenvalue weighted by molar-refractivity contribution is 5.91. The third-order valence-electron chi connectivity index (χ3n) is 4.76. The number of carbonyl (C=O) groups is 1. The van der Waals surface area contributed by atoms with Crippen molar-refractivity contribution in [3.8, 4) is 22.6 Å². The van der Waals surface area contributed by atoms with Gasteiger partial charge in [-0.25, -0.2) is 4.79 Å². The van der Waals surface area contributed by atoms with Crippen molar-refractivity contribution in [2.75, 3.05) is 0 Å². The number of ether oxygens (including phenoxy) is 2. The molecule has 0 atom stereocenters. The molecular formula is C27H22O3. The van der Waals surface area contributed by atoms with Crippen molar-refractivity contribution in [1.29, 1.82) is 0 Å². The average molecular weight is 394 g/mol. The van der Waals surface area contributed by atoms with E-state index in [1.165, 1.54) is 0 Å². The van der Waals surface area contributed by atoms with Crippen LogP contribution in [-0.2, 0) is 6.61 Å². The summed E-state index contributed by atoms with van der Waals surface area (Å²) in [6.45, 7) is 2.47. The van der Waals surface area contributed by atoms with Gasteiger partial charge in [0.15, 0.2) is 0 Å². The summed E-state index contributed by atoms with van der Waals surface area (Å²) in [5.41, 5.74) is 4.84. The van der Waals surface area contributed by atoms with Gasteiger partial charge in [-0.3, -0.25) is 0 Å².